The maximum atomic E-state index is 12.2. The van der Waals surface area contributed by atoms with Gasteiger partial charge in [-0.25, -0.2) is 4.98 Å². The molecule has 1 saturated heterocycles. The number of aromatic nitrogens is 1. The largest absolute Gasteiger partial charge is 0.381 e. The van der Waals surface area contributed by atoms with Gasteiger partial charge in [-0.1, -0.05) is 26.8 Å². The smallest absolute Gasteiger partial charge is 0.230 e. The number of pyridine rings is 1. The standard InChI is InChI=1S/C15H20N2O3/c1-15(2,3)14(19)17-12-6-4-5-11(16-12)13(18)10-7-8-20-9-10/h4-6,10H,7-9H2,1-3H3,(H,16,17,19). The molecule has 1 fully saturated rings. The molecule has 20 heavy (non-hydrogen) atoms. The molecule has 2 rings (SSSR count). The van der Waals surface area contributed by atoms with Gasteiger partial charge < -0.3 is 10.1 Å². The van der Waals surface area contributed by atoms with Crippen molar-refractivity contribution in [3.8, 4) is 0 Å². The summed E-state index contributed by atoms with van der Waals surface area (Å²) < 4.78 is 5.22. The van der Waals surface area contributed by atoms with Crippen LogP contribution in [-0.4, -0.2) is 29.9 Å². The maximum absolute atomic E-state index is 12.2. The van der Waals surface area contributed by atoms with Crippen molar-refractivity contribution in [2.45, 2.75) is 27.2 Å². The molecule has 0 saturated carbocycles. The van der Waals surface area contributed by atoms with E-state index in [1.54, 1.807) is 18.2 Å². The Balaban J connectivity index is 2.11. The van der Waals surface area contributed by atoms with E-state index in [1.807, 2.05) is 20.8 Å². The Bertz CT molecular complexity index is 514. The topological polar surface area (TPSA) is 68.3 Å². The first-order valence-corrected chi connectivity index (χ1v) is 6.78. The number of hydrogen-bond acceptors (Lipinski definition) is 4. The van der Waals surface area contributed by atoms with Crippen molar-refractivity contribution in [1.29, 1.82) is 0 Å². The van der Waals surface area contributed by atoms with Gasteiger partial charge in [0.15, 0.2) is 5.78 Å². The second-order valence-electron chi connectivity index (χ2n) is 6.04. The van der Waals surface area contributed by atoms with Gasteiger partial charge in [0.25, 0.3) is 0 Å². The quantitative estimate of drug-likeness (QED) is 0.860. The molecule has 1 aliphatic rings. The van der Waals surface area contributed by atoms with E-state index in [1.165, 1.54) is 0 Å². The van der Waals surface area contributed by atoms with Crippen molar-refractivity contribution in [3.63, 3.8) is 0 Å². The van der Waals surface area contributed by atoms with E-state index in [0.29, 0.717) is 24.7 Å². The van der Waals surface area contributed by atoms with Crippen LogP contribution in [0.2, 0.25) is 0 Å². The Morgan fingerprint density at radius 1 is 1.35 bits per heavy atom. The number of nitrogens with zero attached hydrogens (tertiary/aromatic N) is 1. The van der Waals surface area contributed by atoms with Crippen molar-refractivity contribution in [2.75, 3.05) is 18.5 Å². The highest BCUT2D eigenvalue weighted by Gasteiger charge is 2.26. The van der Waals surface area contributed by atoms with E-state index < -0.39 is 5.41 Å². The Kier molecular flexibility index (Phi) is 4.18. The van der Waals surface area contributed by atoms with Crippen LogP contribution < -0.4 is 5.32 Å². The van der Waals surface area contributed by atoms with Gasteiger partial charge >= 0.3 is 0 Å². The summed E-state index contributed by atoms with van der Waals surface area (Å²) in [7, 11) is 0. The number of hydrogen-bond donors (Lipinski definition) is 1. The highest BCUT2D eigenvalue weighted by Crippen LogP contribution is 2.20. The Morgan fingerprint density at radius 3 is 2.70 bits per heavy atom. The fourth-order valence-corrected chi connectivity index (χ4v) is 1.90. The molecule has 0 spiro atoms. The molecule has 1 atom stereocenters. The van der Waals surface area contributed by atoms with Crippen molar-refractivity contribution in [2.24, 2.45) is 11.3 Å². The zero-order valence-corrected chi connectivity index (χ0v) is 12.1. The van der Waals surface area contributed by atoms with Crippen LogP contribution in [0.15, 0.2) is 18.2 Å². The number of carbonyl (C=O) groups is 2. The van der Waals surface area contributed by atoms with Gasteiger partial charge in [-0.2, -0.15) is 0 Å². The van der Waals surface area contributed by atoms with Crippen LogP contribution in [0.3, 0.4) is 0 Å². The molecule has 0 aliphatic carbocycles. The van der Waals surface area contributed by atoms with Crippen LogP contribution in [0.1, 0.15) is 37.7 Å². The van der Waals surface area contributed by atoms with Crippen LogP contribution >= 0.6 is 0 Å². The summed E-state index contributed by atoms with van der Waals surface area (Å²) >= 11 is 0. The van der Waals surface area contributed by atoms with Crippen LogP contribution in [0.5, 0.6) is 0 Å². The summed E-state index contributed by atoms with van der Waals surface area (Å²) in [6.45, 7) is 6.56. The molecule has 0 aromatic carbocycles. The number of carbonyl (C=O) groups excluding carboxylic acids is 2. The molecule has 1 N–H and O–H groups in total. The zero-order valence-electron chi connectivity index (χ0n) is 12.1. The molecule has 1 aromatic heterocycles. The van der Waals surface area contributed by atoms with E-state index >= 15 is 0 Å². The predicted molar refractivity (Wildman–Crippen MR) is 75.6 cm³/mol. The Hall–Kier alpha value is -1.75. The minimum atomic E-state index is -0.499. The molecular formula is C15H20N2O3. The lowest BCUT2D eigenvalue weighted by molar-refractivity contribution is -0.123. The minimum absolute atomic E-state index is 0.0191. The molecule has 1 aromatic rings. The van der Waals surface area contributed by atoms with E-state index in [9.17, 15) is 9.59 Å². The zero-order chi connectivity index (χ0) is 14.8. The summed E-state index contributed by atoms with van der Waals surface area (Å²) in [6, 6.07) is 5.09. The average molecular weight is 276 g/mol. The lowest BCUT2D eigenvalue weighted by Crippen LogP contribution is -2.28. The molecule has 1 unspecified atom stereocenters. The van der Waals surface area contributed by atoms with Gasteiger partial charge in [-0.05, 0) is 18.6 Å². The van der Waals surface area contributed by atoms with Crippen LogP contribution in [0.4, 0.5) is 5.82 Å². The normalized spacial score (nSPS) is 18.9. The van der Waals surface area contributed by atoms with Crippen molar-refractivity contribution < 1.29 is 14.3 Å². The first-order chi connectivity index (χ1) is 9.38. The first kappa shape index (κ1) is 14.7. The molecule has 5 nitrogen and oxygen atoms in total. The molecule has 0 bridgehead atoms. The fourth-order valence-electron chi connectivity index (χ4n) is 1.90. The third-order valence-electron chi connectivity index (χ3n) is 3.22. The van der Waals surface area contributed by atoms with E-state index in [4.69, 9.17) is 4.74 Å². The fraction of sp³-hybridized carbons (Fsp3) is 0.533. The lowest BCUT2D eigenvalue weighted by Gasteiger charge is -2.17. The minimum Gasteiger partial charge on any atom is -0.381 e. The van der Waals surface area contributed by atoms with Gasteiger partial charge in [0, 0.05) is 17.9 Å². The molecule has 108 valence electrons. The van der Waals surface area contributed by atoms with Crippen LogP contribution in [0.25, 0.3) is 0 Å². The molecular weight excluding hydrogens is 256 g/mol. The monoisotopic (exact) mass is 276 g/mol. The summed E-state index contributed by atoms with van der Waals surface area (Å²) in [6.07, 6.45) is 0.735. The molecule has 5 heteroatoms. The van der Waals surface area contributed by atoms with Gasteiger partial charge in [0.05, 0.1) is 6.61 Å². The number of anilines is 1. The molecule has 1 aliphatic heterocycles. The number of ketones is 1. The van der Waals surface area contributed by atoms with Crippen molar-refractivity contribution in [3.05, 3.63) is 23.9 Å². The van der Waals surface area contributed by atoms with Gasteiger partial charge in [-0.15, -0.1) is 0 Å². The summed E-state index contributed by atoms with van der Waals surface area (Å²) in [4.78, 5) is 28.4. The van der Waals surface area contributed by atoms with E-state index in [2.05, 4.69) is 10.3 Å². The predicted octanol–water partition coefficient (Wildman–Crippen LogP) is 2.29. The second kappa shape index (κ2) is 5.71. The van der Waals surface area contributed by atoms with E-state index in [0.717, 1.165) is 6.42 Å². The third-order valence-corrected chi connectivity index (χ3v) is 3.22. The Morgan fingerprint density at radius 2 is 2.10 bits per heavy atom. The van der Waals surface area contributed by atoms with Crippen molar-refractivity contribution >= 4 is 17.5 Å². The summed E-state index contributed by atoms with van der Waals surface area (Å²) in [5.74, 6) is 0.152. The number of amides is 1. The summed E-state index contributed by atoms with van der Waals surface area (Å²) in [5, 5.41) is 2.73. The van der Waals surface area contributed by atoms with Crippen molar-refractivity contribution in [1.82, 2.24) is 4.98 Å². The molecule has 1 amide bonds. The van der Waals surface area contributed by atoms with E-state index in [-0.39, 0.29) is 17.6 Å². The highest BCUT2D eigenvalue weighted by molar-refractivity contribution is 5.98. The lowest BCUT2D eigenvalue weighted by atomic mass is 9.96. The second-order valence-corrected chi connectivity index (χ2v) is 6.04. The van der Waals surface area contributed by atoms with Gasteiger partial charge in [-0.3, -0.25) is 9.59 Å². The highest BCUT2D eigenvalue weighted by atomic mass is 16.5. The SMILES string of the molecule is CC(C)(C)C(=O)Nc1cccc(C(=O)C2CCOC2)n1. The number of ether oxygens (including phenoxy) is 1. The number of rotatable bonds is 3. The van der Waals surface area contributed by atoms with Gasteiger partial charge in [0.2, 0.25) is 5.91 Å². The molecule has 2 heterocycles. The maximum Gasteiger partial charge on any atom is 0.230 e. The van der Waals surface area contributed by atoms with Crippen LogP contribution in [-0.2, 0) is 9.53 Å². The van der Waals surface area contributed by atoms with Crippen LogP contribution in [0, 0.1) is 11.3 Å². The number of nitrogens with one attached hydrogen (secondary N) is 1. The Labute approximate surface area is 118 Å². The summed E-state index contributed by atoms with van der Waals surface area (Å²) in [5.41, 5.74) is -0.117. The average Bonchev–Trinajstić information content (AvgIpc) is 2.91. The number of Topliss-reactive ketones (excluding diaryl/α,β-unsaturated/α-hetero) is 1. The molecule has 0 radical (unpaired) electrons. The first-order valence-electron chi connectivity index (χ1n) is 6.78. The third kappa shape index (κ3) is 3.42. The van der Waals surface area contributed by atoms with Gasteiger partial charge in [0.1, 0.15) is 11.5 Å².